The van der Waals surface area contributed by atoms with E-state index >= 15 is 0 Å². The number of carbonyl (C=O) groups excluding carboxylic acids is 1. The van der Waals surface area contributed by atoms with E-state index in [1.165, 1.54) is 0 Å². The van der Waals surface area contributed by atoms with Crippen LogP contribution >= 0.6 is 12.2 Å². The number of aryl methyl sites for hydroxylation is 1. The average Bonchev–Trinajstić information content (AvgIpc) is 3.39. The van der Waals surface area contributed by atoms with Crippen LogP contribution in [0.3, 0.4) is 0 Å². The lowest BCUT2D eigenvalue weighted by Gasteiger charge is -2.27. The molecule has 1 aliphatic heterocycles. The van der Waals surface area contributed by atoms with Crippen LogP contribution in [0.5, 0.6) is 0 Å². The molecule has 2 atom stereocenters. The van der Waals surface area contributed by atoms with Gasteiger partial charge in [-0.2, -0.15) is 0 Å². The van der Waals surface area contributed by atoms with Gasteiger partial charge in [-0.1, -0.05) is 24.3 Å². The third-order valence-electron chi connectivity index (χ3n) is 5.87. The molecule has 0 bridgehead atoms. The molecule has 1 fully saturated rings. The zero-order valence-electron chi connectivity index (χ0n) is 18.7. The fourth-order valence-electron chi connectivity index (χ4n) is 4.08. The molecule has 1 saturated heterocycles. The second-order valence-corrected chi connectivity index (χ2v) is 8.81. The van der Waals surface area contributed by atoms with Crippen molar-refractivity contribution < 1.29 is 4.79 Å². The van der Waals surface area contributed by atoms with Crippen molar-refractivity contribution in [3.8, 4) is 0 Å². The maximum absolute atomic E-state index is 12.7. The quantitative estimate of drug-likeness (QED) is 0.511. The monoisotopic (exact) mass is 447 g/mol. The first-order valence-electron chi connectivity index (χ1n) is 10.9. The number of para-hydroxylation sites is 1. The van der Waals surface area contributed by atoms with Crippen molar-refractivity contribution in [1.29, 1.82) is 0 Å². The zero-order chi connectivity index (χ0) is 22.7. The third-order valence-corrected chi connectivity index (χ3v) is 6.22. The summed E-state index contributed by atoms with van der Waals surface area (Å²) in [6, 6.07) is 16.1. The summed E-state index contributed by atoms with van der Waals surface area (Å²) in [5, 5.41) is 7.11. The Kier molecular flexibility index (Phi) is 6.55. The van der Waals surface area contributed by atoms with Crippen molar-refractivity contribution in [1.82, 2.24) is 19.8 Å². The van der Waals surface area contributed by atoms with Gasteiger partial charge in [0, 0.05) is 43.3 Å². The van der Waals surface area contributed by atoms with Crippen LogP contribution in [0.2, 0.25) is 0 Å². The minimum Gasteiger partial charge on any atom is -0.352 e. The van der Waals surface area contributed by atoms with Gasteiger partial charge < -0.3 is 20.1 Å². The number of nitrogens with one attached hydrogen (secondary N) is 2. The van der Waals surface area contributed by atoms with E-state index in [2.05, 4.69) is 57.4 Å². The maximum Gasteiger partial charge on any atom is 0.226 e. The Labute approximate surface area is 194 Å². The predicted molar refractivity (Wildman–Crippen MR) is 131 cm³/mol. The van der Waals surface area contributed by atoms with E-state index in [-0.39, 0.29) is 18.0 Å². The van der Waals surface area contributed by atoms with Crippen molar-refractivity contribution in [2.24, 2.45) is 0 Å². The van der Waals surface area contributed by atoms with Crippen LogP contribution in [0, 0.1) is 6.92 Å². The highest BCUT2D eigenvalue weighted by Crippen LogP contribution is 2.39. The number of amides is 1. The summed E-state index contributed by atoms with van der Waals surface area (Å²) < 4.78 is 2.19. The molecule has 0 saturated carbocycles. The number of hydrogen-bond acceptors (Lipinski definition) is 3. The molecule has 3 aromatic rings. The van der Waals surface area contributed by atoms with Crippen LogP contribution < -0.4 is 10.6 Å². The van der Waals surface area contributed by atoms with Gasteiger partial charge in [0.2, 0.25) is 5.91 Å². The fraction of sp³-hybridized carbons (Fsp3) is 0.320. The van der Waals surface area contributed by atoms with Gasteiger partial charge in [0.1, 0.15) is 0 Å². The Bertz CT molecular complexity index is 1090. The van der Waals surface area contributed by atoms with Gasteiger partial charge in [-0.3, -0.25) is 9.78 Å². The van der Waals surface area contributed by atoms with Gasteiger partial charge in [-0.25, -0.2) is 0 Å². The molecule has 0 aliphatic carbocycles. The number of anilines is 1. The molecule has 1 amide bonds. The average molecular weight is 448 g/mol. The molecule has 4 rings (SSSR count). The van der Waals surface area contributed by atoms with Crippen molar-refractivity contribution in [3.05, 3.63) is 83.9 Å². The Morgan fingerprint density at radius 3 is 2.66 bits per heavy atom. The van der Waals surface area contributed by atoms with Crippen LogP contribution in [0.25, 0.3) is 0 Å². The molecule has 2 aromatic heterocycles. The van der Waals surface area contributed by atoms with Crippen LogP contribution in [0.4, 0.5) is 5.69 Å². The summed E-state index contributed by atoms with van der Waals surface area (Å²) in [5.74, 6) is -0.0260. The van der Waals surface area contributed by atoms with E-state index in [0.29, 0.717) is 24.1 Å². The highest BCUT2D eigenvalue weighted by Gasteiger charge is 2.40. The van der Waals surface area contributed by atoms with Gasteiger partial charge in [0.25, 0.3) is 0 Å². The first-order valence-corrected chi connectivity index (χ1v) is 11.4. The van der Waals surface area contributed by atoms with Crippen LogP contribution in [0.15, 0.2) is 67.1 Å². The second-order valence-electron chi connectivity index (χ2n) is 8.42. The second kappa shape index (κ2) is 9.53. The molecule has 0 spiro atoms. The van der Waals surface area contributed by atoms with Crippen LogP contribution in [0.1, 0.15) is 55.2 Å². The smallest absolute Gasteiger partial charge is 0.226 e. The van der Waals surface area contributed by atoms with Gasteiger partial charge >= 0.3 is 0 Å². The lowest BCUT2D eigenvalue weighted by atomic mass is 9.99. The molecule has 6 nitrogen and oxygen atoms in total. The number of aromatic nitrogens is 2. The van der Waals surface area contributed by atoms with Gasteiger partial charge in [0.15, 0.2) is 5.11 Å². The summed E-state index contributed by atoms with van der Waals surface area (Å²) in [7, 11) is 0. The molecule has 2 N–H and O–H groups in total. The van der Waals surface area contributed by atoms with Crippen molar-refractivity contribution in [3.63, 3.8) is 0 Å². The molecule has 1 aliphatic rings. The van der Waals surface area contributed by atoms with E-state index < -0.39 is 0 Å². The third kappa shape index (κ3) is 4.67. The van der Waals surface area contributed by atoms with E-state index in [4.69, 9.17) is 12.2 Å². The minimum atomic E-state index is -0.0776. The highest BCUT2D eigenvalue weighted by molar-refractivity contribution is 7.80. The number of benzene rings is 1. The maximum atomic E-state index is 12.7. The Morgan fingerprint density at radius 1 is 1.19 bits per heavy atom. The Balaban J connectivity index is 1.55. The topological polar surface area (TPSA) is 62.2 Å². The number of hydrogen-bond donors (Lipinski definition) is 2. The van der Waals surface area contributed by atoms with Gasteiger partial charge in [0.05, 0.1) is 17.8 Å². The summed E-state index contributed by atoms with van der Waals surface area (Å²) in [4.78, 5) is 19.4. The molecule has 0 unspecified atom stereocenters. The fourth-order valence-corrected chi connectivity index (χ4v) is 4.42. The van der Waals surface area contributed by atoms with E-state index in [1.54, 1.807) is 6.20 Å². The van der Waals surface area contributed by atoms with E-state index in [9.17, 15) is 4.79 Å². The van der Waals surface area contributed by atoms with Gasteiger partial charge in [-0.05, 0) is 68.4 Å². The van der Waals surface area contributed by atoms with Crippen molar-refractivity contribution in [2.75, 3.05) is 11.9 Å². The summed E-state index contributed by atoms with van der Waals surface area (Å²) in [5.41, 5.74) is 3.98. The molecule has 32 heavy (non-hydrogen) atoms. The first-order chi connectivity index (χ1) is 15.4. The van der Waals surface area contributed by atoms with Crippen LogP contribution in [-0.2, 0) is 4.79 Å². The zero-order valence-corrected chi connectivity index (χ0v) is 19.5. The van der Waals surface area contributed by atoms with E-state index in [1.807, 2.05) is 49.4 Å². The first kappa shape index (κ1) is 22.0. The highest BCUT2D eigenvalue weighted by atomic mass is 32.1. The lowest BCUT2D eigenvalue weighted by molar-refractivity contribution is -0.116. The van der Waals surface area contributed by atoms with Crippen molar-refractivity contribution in [2.45, 2.75) is 45.3 Å². The molecule has 1 aromatic carbocycles. The Morgan fingerprint density at radius 2 is 1.97 bits per heavy atom. The van der Waals surface area contributed by atoms with E-state index in [0.717, 1.165) is 22.5 Å². The molecule has 7 heteroatoms. The predicted octanol–water partition coefficient (Wildman–Crippen LogP) is 4.77. The molecular formula is C25H29N5OS. The number of pyridine rings is 1. The van der Waals surface area contributed by atoms with Gasteiger partial charge in [-0.15, -0.1) is 0 Å². The largest absolute Gasteiger partial charge is 0.352 e. The molecular weight excluding hydrogens is 418 g/mol. The van der Waals surface area contributed by atoms with Crippen molar-refractivity contribution >= 4 is 28.9 Å². The number of rotatable bonds is 7. The van der Waals surface area contributed by atoms with Crippen LogP contribution in [-0.4, -0.2) is 32.0 Å². The number of nitrogens with zero attached hydrogens (tertiary/aromatic N) is 3. The number of thiocarbonyl (C=S) groups is 1. The Hall–Kier alpha value is -3.19. The molecule has 0 radical (unpaired) electrons. The SMILES string of the molecule is Cc1ccccc1NC(=O)CCN1C(=S)N[C@@H](c2ccccn2)[C@@H]1c1ccn(C(C)C)c1. The summed E-state index contributed by atoms with van der Waals surface area (Å²) >= 11 is 5.70. The lowest BCUT2D eigenvalue weighted by Crippen LogP contribution is -2.32. The number of carbonyl (C=O) groups is 1. The minimum absolute atomic E-state index is 0.0260. The summed E-state index contributed by atoms with van der Waals surface area (Å²) in [6.07, 6.45) is 6.41. The molecule has 166 valence electrons. The molecule has 3 heterocycles. The standard InChI is InChI=1S/C25H29N5OS/c1-17(2)29-14-11-19(16-29)24-23(21-10-6-7-13-26-21)28-25(32)30(24)15-12-22(31)27-20-9-5-4-8-18(20)3/h4-11,13-14,16-17,23-24H,12,15H2,1-3H3,(H,27,31)(H,28,32)/t23-,24-/m0/s1. The summed E-state index contributed by atoms with van der Waals surface area (Å²) in [6.45, 7) is 6.82. The normalized spacial score (nSPS) is 18.1.